The molecule has 0 fully saturated rings. The lowest BCUT2D eigenvalue weighted by Crippen LogP contribution is -2.47. The van der Waals surface area contributed by atoms with E-state index in [2.05, 4.69) is 5.32 Å². The van der Waals surface area contributed by atoms with Gasteiger partial charge in [-0.2, -0.15) is 0 Å². The Balaban J connectivity index is 2.14. The Morgan fingerprint density at radius 3 is 2.56 bits per heavy atom. The molecule has 0 aliphatic carbocycles. The van der Waals surface area contributed by atoms with Crippen molar-refractivity contribution in [3.63, 3.8) is 0 Å². The third-order valence-corrected chi connectivity index (χ3v) is 5.30. The molecule has 1 atom stereocenters. The normalized spacial score (nSPS) is 12.3. The largest absolute Gasteiger partial charge is 0.494 e. The minimum Gasteiger partial charge on any atom is -0.494 e. The number of sulfonamides is 1. The van der Waals surface area contributed by atoms with Gasteiger partial charge in [-0.05, 0) is 49.7 Å². The summed E-state index contributed by atoms with van der Waals surface area (Å²) in [5.74, 6) is 0.302. The first-order valence-corrected chi connectivity index (χ1v) is 10.7. The number of nitrogens with zero attached hydrogens (tertiary/aromatic N) is 1. The lowest BCUT2D eigenvalue weighted by molar-refractivity contribution is -0.122. The van der Waals surface area contributed by atoms with Crippen LogP contribution in [-0.4, -0.2) is 33.2 Å². The Bertz CT molecular complexity index is 902. The van der Waals surface area contributed by atoms with E-state index in [0.717, 1.165) is 16.1 Å². The Hall–Kier alpha value is -2.25. The van der Waals surface area contributed by atoms with Crippen molar-refractivity contribution < 1.29 is 17.9 Å². The Kier molecular flexibility index (Phi) is 7.10. The molecular weight excluding hydrogens is 388 g/mol. The van der Waals surface area contributed by atoms with Crippen molar-refractivity contribution in [1.82, 2.24) is 5.32 Å². The van der Waals surface area contributed by atoms with Crippen LogP contribution in [0.25, 0.3) is 0 Å². The molecular formula is C19H23ClN2O4S. The first-order valence-electron chi connectivity index (χ1n) is 8.46. The van der Waals surface area contributed by atoms with Crippen LogP contribution in [0.5, 0.6) is 5.75 Å². The fourth-order valence-electron chi connectivity index (χ4n) is 2.67. The summed E-state index contributed by atoms with van der Waals surface area (Å²) in [6.07, 6.45) is 1.06. The molecule has 0 aliphatic rings. The molecule has 0 saturated carbocycles. The van der Waals surface area contributed by atoms with Crippen LogP contribution >= 0.6 is 11.6 Å². The van der Waals surface area contributed by atoms with Crippen LogP contribution in [0.1, 0.15) is 19.4 Å². The molecule has 0 radical (unpaired) electrons. The number of hydrogen-bond acceptors (Lipinski definition) is 4. The maximum Gasteiger partial charge on any atom is 0.243 e. The first-order chi connectivity index (χ1) is 12.7. The summed E-state index contributed by atoms with van der Waals surface area (Å²) in [7, 11) is -3.68. The van der Waals surface area contributed by atoms with Crippen molar-refractivity contribution in [3.8, 4) is 5.75 Å². The topological polar surface area (TPSA) is 75.7 Å². The molecule has 0 saturated heterocycles. The Morgan fingerprint density at radius 1 is 1.22 bits per heavy atom. The van der Waals surface area contributed by atoms with Gasteiger partial charge < -0.3 is 10.1 Å². The lowest BCUT2D eigenvalue weighted by Gasteiger charge is -2.28. The van der Waals surface area contributed by atoms with Gasteiger partial charge in [-0.15, -0.1) is 0 Å². The average Bonchev–Trinajstić information content (AvgIpc) is 2.59. The lowest BCUT2D eigenvalue weighted by atomic mass is 10.2. The van der Waals surface area contributed by atoms with Crippen LogP contribution in [0, 0.1) is 0 Å². The summed E-state index contributed by atoms with van der Waals surface area (Å²) >= 11 is 5.97. The molecule has 146 valence electrons. The number of anilines is 1. The van der Waals surface area contributed by atoms with Gasteiger partial charge >= 0.3 is 0 Å². The molecule has 0 heterocycles. The Labute approximate surface area is 165 Å². The highest BCUT2D eigenvalue weighted by Gasteiger charge is 2.29. The number of hydrogen-bond donors (Lipinski definition) is 1. The van der Waals surface area contributed by atoms with Gasteiger partial charge in [0, 0.05) is 11.6 Å². The third-order valence-electron chi connectivity index (χ3n) is 3.83. The second kappa shape index (κ2) is 9.10. The highest BCUT2D eigenvalue weighted by molar-refractivity contribution is 7.92. The third kappa shape index (κ3) is 5.87. The van der Waals surface area contributed by atoms with Crippen LogP contribution < -0.4 is 14.4 Å². The summed E-state index contributed by atoms with van der Waals surface area (Å²) in [5, 5.41) is 3.16. The van der Waals surface area contributed by atoms with Gasteiger partial charge in [0.05, 0.1) is 18.6 Å². The summed E-state index contributed by atoms with van der Waals surface area (Å²) in [6.45, 7) is 4.24. The molecule has 0 aliphatic heterocycles. The molecule has 27 heavy (non-hydrogen) atoms. The molecule has 2 aromatic rings. The van der Waals surface area contributed by atoms with Gasteiger partial charge in [-0.3, -0.25) is 9.10 Å². The van der Waals surface area contributed by atoms with E-state index in [0.29, 0.717) is 23.1 Å². The number of carbonyl (C=O) groups is 1. The molecule has 0 aromatic heterocycles. The van der Waals surface area contributed by atoms with Crippen LogP contribution in [0.3, 0.4) is 0 Å². The molecule has 6 nitrogen and oxygen atoms in total. The monoisotopic (exact) mass is 410 g/mol. The van der Waals surface area contributed by atoms with Gasteiger partial charge in [0.2, 0.25) is 15.9 Å². The predicted molar refractivity (Wildman–Crippen MR) is 108 cm³/mol. The van der Waals surface area contributed by atoms with Crippen molar-refractivity contribution in [2.45, 2.75) is 26.4 Å². The average molecular weight is 411 g/mol. The summed E-state index contributed by atoms with van der Waals surface area (Å²) in [6, 6.07) is 12.8. The van der Waals surface area contributed by atoms with E-state index in [9.17, 15) is 13.2 Å². The van der Waals surface area contributed by atoms with E-state index in [1.807, 2.05) is 31.2 Å². The zero-order valence-corrected chi connectivity index (χ0v) is 17.0. The van der Waals surface area contributed by atoms with Crippen LogP contribution in [0.4, 0.5) is 5.69 Å². The highest BCUT2D eigenvalue weighted by atomic mass is 35.5. The number of amides is 1. The molecule has 0 unspecified atom stereocenters. The van der Waals surface area contributed by atoms with Gasteiger partial charge in [0.25, 0.3) is 0 Å². The van der Waals surface area contributed by atoms with Gasteiger partial charge in [-0.1, -0.05) is 29.8 Å². The maximum atomic E-state index is 12.6. The quantitative estimate of drug-likeness (QED) is 0.725. The standard InChI is InChI=1S/C19H23ClN2O4S/c1-4-26-18-10-5-7-15(11-18)13-21-19(23)14(2)22(27(3,24)25)17-9-6-8-16(20)12-17/h5-12,14H,4,13H2,1-3H3,(H,21,23)/t14-/m0/s1. The molecule has 1 amide bonds. The fourth-order valence-corrected chi connectivity index (χ4v) is 4.02. The highest BCUT2D eigenvalue weighted by Crippen LogP contribution is 2.24. The van der Waals surface area contributed by atoms with Crippen LogP contribution in [-0.2, 0) is 21.4 Å². The van der Waals surface area contributed by atoms with Gasteiger partial charge in [0.15, 0.2) is 0 Å². The molecule has 1 N–H and O–H groups in total. The van der Waals surface area contributed by atoms with E-state index in [4.69, 9.17) is 16.3 Å². The van der Waals surface area contributed by atoms with Gasteiger partial charge in [-0.25, -0.2) is 8.42 Å². The zero-order chi connectivity index (χ0) is 20.0. The fraction of sp³-hybridized carbons (Fsp3) is 0.316. The smallest absolute Gasteiger partial charge is 0.243 e. The molecule has 0 spiro atoms. The van der Waals surface area contributed by atoms with E-state index in [1.54, 1.807) is 18.2 Å². The maximum absolute atomic E-state index is 12.6. The number of halogens is 1. The SMILES string of the molecule is CCOc1cccc(CNC(=O)[C@H](C)N(c2cccc(Cl)c2)S(C)(=O)=O)c1. The second-order valence-corrected chi connectivity index (χ2v) is 8.31. The molecule has 0 bridgehead atoms. The molecule has 2 rings (SSSR count). The van der Waals surface area contributed by atoms with E-state index in [1.165, 1.54) is 13.0 Å². The minimum atomic E-state index is -3.68. The predicted octanol–water partition coefficient (Wildman–Crippen LogP) is 3.21. The van der Waals surface area contributed by atoms with Crippen LogP contribution in [0.15, 0.2) is 48.5 Å². The van der Waals surface area contributed by atoms with Crippen molar-refractivity contribution in [2.24, 2.45) is 0 Å². The summed E-state index contributed by atoms with van der Waals surface area (Å²) in [5.41, 5.74) is 1.20. The van der Waals surface area contributed by atoms with Gasteiger partial charge in [0.1, 0.15) is 11.8 Å². The first kappa shape index (κ1) is 21.1. The number of ether oxygens (including phenoxy) is 1. The van der Waals surface area contributed by atoms with Crippen molar-refractivity contribution >= 4 is 33.2 Å². The second-order valence-electron chi connectivity index (χ2n) is 6.01. The number of benzene rings is 2. The summed E-state index contributed by atoms with van der Waals surface area (Å²) < 4.78 is 31.0. The van der Waals surface area contributed by atoms with Crippen LogP contribution in [0.2, 0.25) is 5.02 Å². The molecule has 8 heteroatoms. The number of carbonyl (C=O) groups excluding carboxylic acids is 1. The van der Waals surface area contributed by atoms with Crippen molar-refractivity contribution in [3.05, 3.63) is 59.1 Å². The number of nitrogens with one attached hydrogen (secondary N) is 1. The number of rotatable bonds is 8. The zero-order valence-electron chi connectivity index (χ0n) is 15.5. The van der Waals surface area contributed by atoms with E-state index < -0.39 is 22.0 Å². The van der Waals surface area contributed by atoms with Crippen molar-refractivity contribution in [2.75, 3.05) is 17.2 Å². The summed E-state index contributed by atoms with van der Waals surface area (Å²) in [4.78, 5) is 12.6. The van der Waals surface area contributed by atoms with Crippen molar-refractivity contribution in [1.29, 1.82) is 0 Å². The molecule has 2 aromatic carbocycles. The minimum absolute atomic E-state index is 0.261. The van der Waals surface area contributed by atoms with E-state index >= 15 is 0 Å². The van der Waals surface area contributed by atoms with E-state index in [-0.39, 0.29) is 6.54 Å². The Morgan fingerprint density at radius 2 is 1.93 bits per heavy atom.